The van der Waals surface area contributed by atoms with Gasteiger partial charge in [-0.1, -0.05) is 13.0 Å². The minimum Gasteiger partial charge on any atom is -0.454 e. The molecule has 2 heterocycles. The summed E-state index contributed by atoms with van der Waals surface area (Å²) in [5.41, 5.74) is 1.08. The van der Waals surface area contributed by atoms with E-state index in [1.165, 1.54) is 0 Å². The van der Waals surface area contributed by atoms with Crippen LogP contribution in [0.2, 0.25) is 0 Å². The van der Waals surface area contributed by atoms with Crippen LogP contribution in [0, 0.1) is 11.8 Å². The first-order valence-corrected chi connectivity index (χ1v) is 7.57. The number of carbonyl (C=O) groups is 1. The van der Waals surface area contributed by atoms with Crippen LogP contribution in [0.5, 0.6) is 11.5 Å². The summed E-state index contributed by atoms with van der Waals surface area (Å²) in [5, 5.41) is 3.23. The number of hydrogen-bond donors (Lipinski definition) is 1. The third-order valence-electron chi connectivity index (χ3n) is 4.41. The van der Waals surface area contributed by atoms with Crippen LogP contribution in [0.15, 0.2) is 18.2 Å². The van der Waals surface area contributed by atoms with Gasteiger partial charge < -0.3 is 19.7 Å². The molecule has 1 N–H and O–H groups in total. The normalized spacial score (nSPS) is 17.4. The van der Waals surface area contributed by atoms with E-state index < -0.39 is 0 Å². The van der Waals surface area contributed by atoms with Crippen molar-refractivity contribution < 1.29 is 14.3 Å². The van der Waals surface area contributed by atoms with Crippen LogP contribution < -0.4 is 14.8 Å². The van der Waals surface area contributed by atoms with Crippen LogP contribution in [0.3, 0.4) is 0 Å². The fourth-order valence-corrected chi connectivity index (χ4v) is 2.76. The molecule has 122 valence electrons. The van der Waals surface area contributed by atoms with Crippen LogP contribution in [0.1, 0.15) is 19.4 Å². The molecule has 1 atom stereocenters. The number of rotatable bonds is 5. The molecule has 5 nitrogen and oxygen atoms in total. The summed E-state index contributed by atoms with van der Waals surface area (Å²) in [4.78, 5) is 14.5. The molecule has 0 saturated carbocycles. The molecule has 1 saturated heterocycles. The summed E-state index contributed by atoms with van der Waals surface area (Å²) in [7, 11) is 0. The molecule has 6 heteroatoms. The second-order valence-corrected chi connectivity index (χ2v) is 5.75. The summed E-state index contributed by atoms with van der Waals surface area (Å²) in [6, 6.07) is 5.88. The van der Waals surface area contributed by atoms with E-state index in [0.29, 0.717) is 12.5 Å². The Morgan fingerprint density at radius 1 is 1.36 bits per heavy atom. The van der Waals surface area contributed by atoms with Gasteiger partial charge in [0.2, 0.25) is 12.7 Å². The van der Waals surface area contributed by atoms with Gasteiger partial charge in [-0.3, -0.25) is 4.79 Å². The number of ether oxygens (including phenoxy) is 2. The predicted octanol–water partition coefficient (Wildman–Crippen LogP) is 2.04. The third kappa shape index (κ3) is 3.31. The number of benzene rings is 1. The van der Waals surface area contributed by atoms with Gasteiger partial charge in [0, 0.05) is 19.0 Å². The van der Waals surface area contributed by atoms with Crippen molar-refractivity contribution in [1.82, 2.24) is 10.2 Å². The lowest BCUT2D eigenvalue weighted by Crippen LogP contribution is -2.50. The average molecular weight is 327 g/mol. The molecule has 1 fully saturated rings. The Morgan fingerprint density at radius 2 is 2.09 bits per heavy atom. The summed E-state index contributed by atoms with van der Waals surface area (Å²) >= 11 is 0. The smallest absolute Gasteiger partial charge is 0.231 e. The molecule has 1 aromatic rings. The average Bonchev–Trinajstić information content (AvgIpc) is 2.89. The number of nitrogens with zero attached hydrogens (tertiary/aromatic N) is 1. The van der Waals surface area contributed by atoms with Gasteiger partial charge in [0.15, 0.2) is 11.5 Å². The molecule has 0 bridgehead atoms. The lowest BCUT2D eigenvalue weighted by atomic mass is 9.88. The van der Waals surface area contributed by atoms with Crippen molar-refractivity contribution in [1.29, 1.82) is 0 Å². The second-order valence-electron chi connectivity index (χ2n) is 5.75. The van der Waals surface area contributed by atoms with Crippen molar-refractivity contribution in [3.8, 4) is 11.5 Å². The number of amides is 1. The Balaban J connectivity index is 0.00000176. The third-order valence-corrected chi connectivity index (χ3v) is 4.41. The number of fused-ring (bicyclic) bond motifs is 1. The number of carbonyl (C=O) groups excluding carboxylic acids is 1. The maximum atomic E-state index is 12.6. The predicted molar refractivity (Wildman–Crippen MR) is 86.4 cm³/mol. The van der Waals surface area contributed by atoms with Crippen molar-refractivity contribution in [2.45, 2.75) is 20.4 Å². The van der Waals surface area contributed by atoms with E-state index in [0.717, 1.165) is 36.7 Å². The monoisotopic (exact) mass is 326 g/mol. The molecule has 0 aromatic heterocycles. The molecule has 0 radical (unpaired) electrons. The highest BCUT2D eigenvalue weighted by molar-refractivity contribution is 5.85. The van der Waals surface area contributed by atoms with E-state index in [4.69, 9.17) is 9.47 Å². The molecule has 1 amide bonds. The summed E-state index contributed by atoms with van der Waals surface area (Å²) < 4.78 is 10.7. The maximum Gasteiger partial charge on any atom is 0.231 e. The zero-order valence-corrected chi connectivity index (χ0v) is 13.8. The SMILES string of the molecule is CCN(Cc1ccc2c(c1)OCO2)C(=O)C(C)C1CNC1.Cl. The van der Waals surface area contributed by atoms with Gasteiger partial charge in [0.05, 0.1) is 0 Å². The van der Waals surface area contributed by atoms with E-state index in [1.54, 1.807) is 0 Å². The van der Waals surface area contributed by atoms with Crippen LogP contribution in [-0.4, -0.2) is 37.2 Å². The molecule has 1 aromatic carbocycles. The van der Waals surface area contributed by atoms with E-state index in [1.807, 2.05) is 36.9 Å². The second kappa shape index (κ2) is 7.20. The maximum absolute atomic E-state index is 12.6. The molecule has 22 heavy (non-hydrogen) atoms. The molecular weight excluding hydrogens is 304 g/mol. The van der Waals surface area contributed by atoms with Gasteiger partial charge >= 0.3 is 0 Å². The fourth-order valence-electron chi connectivity index (χ4n) is 2.76. The molecule has 1 unspecified atom stereocenters. The minimum absolute atomic E-state index is 0. The molecule has 2 aliphatic heterocycles. The highest BCUT2D eigenvalue weighted by atomic mass is 35.5. The highest BCUT2D eigenvalue weighted by Gasteiger charge is 2.31. The van der Waals surface area contributed by atoms with Crippen molar-refractivity contribution in [3.05, 3.63) is 23.8 Å². The zero-order chi connectivity index (χ0) is 14.8. The van der Waals surface area contributed by atoms with E-state index in [-0.39, 0.29) is 31.0 Å². The number of halogens is 1. The first-order valence-electron chi connectivity index (χ1n) is 7.57. The fraction of sp³-hybridized carbons (Fsp3) is 0.562. The van der Waals surface area contributed by atoms with Crippen molar-refractivity contribution >= 4 is 18.3 Å². The van der Waals surface area contributed by atoms with Gasteiger partial charge in [-0.05, 0) is 43.6 Å². The molecule has 3 rings (SSSR count). The van der Waals surface area contributed by atoms with Crippen LogP contribution in [0.4, 0.5) is 0 Å². The van der Waals surface area contributed by atoms with E-state index in [2.05, 4.69) is 5.32 Å². The summed E-state index contributed by atoms with van der Waals surface area (Å²) in [6.45, 7) is 7.59. The quantitative estimate of drug-likeness (QED) is 0.899. The van der Waals surface area contributed by atoms with Crippen LogP contribution in [0.25, 0.3) is 0 Å². The van der Waals surface area contributed by atoms with Crippen molar-refractivity contribution in [2.24, 2.45) is 11.8 Å². The first-order chi connectivity index (χ1) is 10.2. The lowest BCUT2D eigenvalue weighted by molar-refractivity contribution is -0.137. The summed E-state index contributed by atoms with van der Waals surface area (Å²) in [5.74, 6) is 2.35. The first kappa shape index (κ1) is 16.9. The Labute approximate surface area is 137 Å². The molecule has 0 spiro atoms. The van der Waals surface area contributed by atoms with Crippen molar-refractivity contribution in [3.63, 3.8) is 0 Å². The van der Waals surface area contributed by atoms with Crippen LogP contribution >= 0.6 is 12.4 Å². The molecule has 2 aliphatic rings. The van der Waals surface area contributed by atoms with Crippen LogP contribution in [-0.2, 0) is 11.3 Å². The molecular formula is C16H23ClN2O3. The van der Waals surface area contributed by atoms with Gasteiger partial charge in [0.1, 0.15) is 0 Å². The van der Waals surface area contributed by atoms with Gasteiger partial charge in [-0.2, -0.15) is 0 Å². The van der Waals surface area contributed by atoms with Gasteiger partial charge in [-0.25, -0.2) is 0 Å². The summed E-state index contributed by atoms with van der Waals surface area (Å²) in [6.07, 6.45) is 0. The van der Waals surface area contributed by atoms with E-state index in [9.17, 15) is 4.79 Å². The Kier molecular flexibility index (Phi) is 5.53. The highest BCUT2D eigenvalue weighted by Crippen LogP contribution is 2.33. The van der Waals surface area contributed by atoms with Crippen molar-refractivity contribution in [2.75, 3.05) is 26.4 Å². The zero-order valence-electron chi connectivity index (χ0n) is 13.0. The molecule has 0 aliphatic carbocycles. The topological polar surface area (TPSA) is 50.8 Å². The standard InChI is InChI=1S/C16H22N2O3.ClH/c1-3-18(16(19)11(2)13-7-17-8-13)9-12-4-5-14-15(6-12)21-10-20-14;/h4-6,11,13,17H,3,7-10H2,1-2H3;1H. The minimum atomic E-state index is 0. The number of nitrogens with one attached hydrogen (secondary N) is 1. The Bertz CT molecular complexity index is 534. The largest absolute Gasteiger partial charge is 0.454 e. The number of hydrogen-bond acceptors (Lipinski definition) is 4. The van der Waals surface area contributed by atoms with Gasteiger partial charge in [-0.15, -0.1) is 12.4 Å². The Hall–Kier alpha value is -1.46. The Morgan fingerprint density at radius 3 is 2.73 bits per heavy atom. The van der Waals surface area contributed by atoms with Gasteiger partial charge in [0.25, 0.3) is 0 Å². The lowest BCUT2D eigenvalue weighted by Gasteiger charge is -2.34. The van der Waals surface area contributed by atoms with E-state index >= 15 is 0 Å².